The first-order chi connectivity index (χ1) is 6.20. The Morgan fingerprint density at radius 2 is 2.15 bits per heavy atom. The van der Waals surface area contributed by atoms with Gasteiger partial charge in [0.1, 0.15) is 0 Å². The molecule has 0 aromatic heterocycles. The summed E-state index contributed by atoms with van der Waals surface area (Å²) >= 11 is 0. The maximum absolute atomic E-state index is 11.0. The van der Waals surface area contributed by atoms with Crippen LogP contribution >= 0.6 is 0 Å². The third-order valence-corrected chi connectivity index (χ3v) is 1.90. The molecule has 0 heterocycles. The van der Waals surface area contributed by atoms with E-state index in [0.717, 1.165) is 19.4 Å². The quantitative estimate of drug-likeness (QED) is 0.617. The van der Waals surface area contributed by atoms with Crippen molar-refractivity contribution in [3.63, 3.8) is 0 Å². The smallest absolute Gasteiger partial charge is 0.307 e. The molecule has 0 radical (unpaired) electrons. The molecule has 1 atom stereocenters. The number of rotatable bonds is 7. The highest BCUT2D eigenvalue weighted by molar-refractivity contribution is 5.69. The van der Waals surface area contributed by atoms with Crippen LogP contribution in [0.1, 0.15) is 40.0 Å². The van der Waals surface area contributed by atoms with E-state index in [4.69, 9.17) is 4.74 Å². The number of ether oxygens (including phenoxy) is 1. The molecule has 13 heavy (non-hydrogen) atoms. The van der Waals surface area contributed by atoms with Gasteiger partial charge < -0.3 is 10.1 Å². The van der Waals surface area contributed by atoms with Gasteiger partial charge in [0.2, 0.25) is 0 Å². The Morgan fingerprint density at radius 1 is 1.46 bits per heavy atom. The third kappa shape index (κ3) is 7.78. The minimum atomic E-state index is -0.0994. The van der Waals surface area contributed by atoms with Gasteiger partial charge in [-0.3, -0.25) is 4.79 Å². The van der Waals surface area contributed by atoms with E-state index in [1.807, 2.05) is 6.92 Å². The minimum Gasteiger partial charge on any atom is -0.466 e. The topological polar surface area (TPSA) is 38.3 Å². The molecule has 0 rings (SSSR count). The average Bonchev–Trinajstić information content (AvgIpc) is 2.14. The van der Waals surface area contributed by atoms with Crippen molar-refractivity contribution in [3.05, 3.63) is 0 Å². The molecule has 3 nitrogen and oxygen atoms in total. The van der Waals surface area contributed by atoms with Crippen LogP contribution in [0.25, 0.3) is 0 Å². The number of nitrogens with one attached hydrogen (secondary N) is 1. The molecule has 0 spiro atoms. The van der Waals surface area contributed by atoms with Gasteiger partial charge in [0.15, 0.2) is 0 Å². The van der Waals surface area contributed by atoms with Crippen molar-refractivity contribution < 1.29 is 9.53 Å². The Morgan fingerprint density at radius 3 is 2.69 bits per heavy atom. The number of hydrogen-bond acceptors (Lipinski definition) is 3. The lowest BCUT2D eigenvalue weighted by atomic mass is 10.2. The molecule has 0 saturated carbocycles. The molecule has 0 aliphatic carbocycles. The number of carbonyl (C=O) groups is 1. The van der Waals surface area contributed by atoms with Gasteiger partial charge in [0.05, 0.1) is 13.0 Å². The van der Waals surface area contributed by atoms with Crippen molar-refractivity contribution in [1.82, 2.24) is 5.32 Å². The van der Waals surface area contributed by atoms with Crippen molar-refractivity contribution in [2.24, 2.45) is 0 Å². The van der Waals surface area contributed by atoms with Crippen molar-refractivity contribution in [2.75, 3.05) is 13.2 Å². The maximum Gasteiger partial charge on any atom is 0.307 e. The van der Waals surface area contributed by atoms with Gasteiger partial charge in [-0.25, -0.2) is 0 Å². The SMILES string of the molecule is CCCOC(=O)CCN[C@@H](C)CC. The van der Waals surface area contributed by atoms with Gasteiger partial charge in [0, 0.05) is 12.6 Å². The molecule has 0 aromatic rings. The van der Waals surface area contributed by atoms with Crippen LogP contribution in [0.15, 0.2) is 0 Å². The molecular weight excluding hydrogens is 166 g/mol. The van der Waals surface area contributed by atoms with Gasteiger partial charge in [-0.15, -0.1) is 0 Å². The van der Waals surface area contributed by atoms with Crippen LogP contribution in [0.3, 0.4) is 0 Å². The first-order valence-electron chi connectivity index (χ1n) is 5.09. The van der Waals surface area contributed by atoms with Crippen molar-refractivity contribution >= 4 is 5.97 Å². The van der Waals surface area contributed by atoms with Crippen LogP contribution in [-0.2, 0) is 9.53 Å². The summed E-state index contributed by atoms with van der Waals surface area (Å²) in [5.41, 5.74) is 0. The van der Waals surface area contributed by atoms with Gasteiger partial charge in [0.25, 0.3) is 0 Å². The van der Waals surface area contributed by atoms with Crippen molar-refractivity contribution in [3.8, 4) is 0 Å². The number of hydrogen-bond donors (Lipinski definition) is 1. The summed E-state index contributed by atoms with van der Waals surface area (Å²) in [5.74, 6) is -0.0994. The van der Waals surface area contributed by atoms with E-state index in [2.05, 4.69) is 19.2 Å². The maximum atomic E-state index is 11.0. The fourth-order valence-corrected chi connectivity index (χ4v) is 0.853. The summed E-state index contributed by atoms with van der Waals surface area (Å²) in [6.07, 6.45) is 2.46. The fraction of sp³-hybridized carbons (Fsp3) is 0.900. The summed E-state index contributed by atoms with van der Waals surface area (Å²) in [4.78, 5) is 11.0. The van der Waals surface area contributed by atoms with E-state index in [-0.39, 0.29) is 5.97 Å². The average molecular weight is 187 g/mol. The fourth-order valence-electron chi connectivity index (χ4n) is 0.853. The van der Waals surface area contributed by atoms with Gasteiger partial charge >= 0.3 is 5.97 Å². The Hall–Kier alpha value is -0.570. The van der Waals surface area contributed by atoms with E-state index in [1.54, 1.807) is 0 Å². The van der Waals surface area contributed by atoms with Gasteiger partial charge in [-0.2, -0.15) is 0 Å². The number of esters is 1. The zero-order chi connectivity index (χ0) is 10.1. The molecule has 0 amide bonds. The van der Waals surface area contributed by atoms with Gasteiger partial charge in [-0.05, 0) is 19.8 Å². The molecule has 0 unspecified atom stereocenters. The molecule has 0 aromatic carbocycles. The zero-order valence-electron chi connectivity index (χ0n) is 8.93. The highest BCUT2D eigenvalue weighted by Crippen LogP contribution is 1.90. The predicted molar refractivity (Wildman–Crippen MR) is 53.6 cm³/mol. The van der Waals surface area contributed by atoms with Crippen molar-refractivity contribution in [2.45, 2.75) is 46.1 Å². The molecule has 78 valence electrons. The lowest BCUT2D eigenvalue weighted by Gasteiger charge is -2.10. The lowest BCUT2D eigenvalue weighted by molar-refractivity contribution is -0.143. The monoisotopic (exact) mass is 187 g/mol. The summed E-state index contributed by atoms with van der Waals surface area (Å²) < 4.78 is 4.93. The first kappa shape index (κ1) is 12.4. The molecule has 0 fully saturated rings. The summed E-state index contributed by atoms with van der Waals surface area (Å²) in [6.45, 7) is 7.48. The normalized spacial score (nSPS) is 12.5. The van der Waals surface area contributed by atoms with Crippen LogP contribution in [0.4, 0.5) is 0 Å². The lowest BCUT2D eigenvalue weighted by Crippen LogP contribution is -2.28. The Balaban J connectivity index is 3.26. The van der Waals surface area contributed by atoms with E-state index in [9.17, 15) is 4.79 Å². The van der Waals surface area contributed by atoms with Crippen LogP contribution < -0.4 is 5.32 Å². The Bertz CT molecular complexity index is 137. The predicted octanol–water partition coefficient (Wildman–Crippen LogP) is 1.72. The van der Waals surface area contributed by atoms with Crippen LogP contribution in [0.2, 0.25) is 0 Å². The van der Waals surface area contributed by atoms with E-state index < -0.39 is 0 Å². The standard InChI is InChI=1S/C10H21NO2/c1-4-8-13-10(12)6-7-11-9(3)5-2/h9,11H,4-8H2,1-3H3/t9-/m0/s1. The van der Waals surface area contributed by atoms with Crippen molar-refractivity contribution in [1.29, 1.82) is 0 Å². The first-order valence-corrected chi connectivity index (χ1v) is 5.09. The third-order valence-electron chi connectivity index (χ3n) is 1.90. The highest BCUT2D eigenvalue weighted by atomic mass is 16.5. The van der Waals surface area contributed by atoms with Gasteiger partial charge in [-0.1, -0.05) is 13.8 Å². The summed E-state index contributed by atoms with van der Waals surface area (Å²) in [6, 6.07) is 0.485. The van der Waals surface area contributed by atoms with Crippen LogP contribution in [0, 0.1) is 0 Å². The largest absolute Gasteiger partial charge is 0.466 e. The molecule has 3 heteroatoms. The Kier molecular flexibility index (Phi) is 7.69. The second kappa shape index (κ2) is 8.05. The zero-order valence-corrected chi connectivity index (χ0v) is 8.93. The molecule has 0 aliphatic heterocycles. The number of carbonyl (C=O) groups excluding carboxylic acids is 1. The Labute approximate surface area is 80.8 Å². The second-order valence-electron chi connectivity index (χ2n) is 3.23. The highest BCUT2D eigenvalue weighted by Gasteiger charge is 2.02. The second-order valence-corrected chi connectivity index (χ2v) is 3.23. The van der Waals surface area contributed by atoms with E-state index in [0.29, 0.717) is 19.1 Å². The van der Waals surface area contributed by atoms with E-state index >= 15 is 0 Å². The summed E-state index contributed by atoms with van der Waals surface area (Å²) in [7, 11) is 0. The van der Waals surface area contributed by atoms with E-state index in [1.165, 1.54) is 0 Å². The van der Waals surface area contributed by atoms with Crippen LogP contribution in [0.5, 0.6) is 0 Å². The summed E-state index contributed by atoms with van der Waals surface area (Å²) in [5, 5.41) is 3.24. The molecule has 0 bridgehead atoms. The molecule has 1 N–H and O–H groups in total. The molecule has 0 aliphatic rings. The molecular formula is C10H21NO2. The molecule has 0 saturated heterocycles. The minimum absolute atomic E-state index is 0.0994. The van der Waals surface area contributed by atoms with Crippen LogP contribution in [-0.4, -0.2) is 25.2 Å².